The second-order valence-corrected chi connectivity index (χ2v) is 14.4. The molecule has 3 heterocycles. The van der Waals surface area contributed by atoms with E-state index in [1.54, 1.807) is 11.3 Å². The summed E-state index contributed by atoms with van der Waals surface area (Å²) in [6, 6.07) is 49.8. The summed E-state index contributed by atoms with van der Waals surface area (Å²) in [6.45, 7) is 0. The molecular weight excluding hydrogens is 623 g/mol. The third-order valence-corrected chi connectivity index (χ3v) is 12.1. The first-order valence-electron chi connectivity index (χ1n) is 16.0. The number of thiophene rings is 2. The summed E-state index contributed by atoms with van der Waals surface area (Å²) in [7, 11) is 0. The molecule has 0 aliphatic heterocycles. The zero-order valence-electron chi connectivity index (χ0n) is 25.4. The molecule has 0 amide bonds. The highest BCUT2D eigenvalue weighted by atomic mass is 32.1. The van der Waals surface area contributed by atoms with Crippen LogP contribution in [-0.2, 0) is 0 Å². The average Bonchev–Trinajstić information content (AvgIpc) is 3.82. The molecule has 0 fully saturated rings. The van der Waals surface area contributed by atoms with Crippen LogP contribution in [0, 0.1) is 0 Å². The van der Waals surface area contributed by atoms with E-state index in [4.69, 9.17) is 15.0 Å². The lowest BCUT2D eigenvalue weighted by molar-refractivity contribution is 1.08. The smallest absolute Gasteiger partial charge is 0.165 e. The van der Waals surface area contributed by atoms with Crippen LogP contribution in [0.2, 0.25) is 0 Å². The van der Waals surface area contributed by atoms with Crippen LogP contribution in [-0.4, -0.2) is 15.0 Å². The number of nitrogens with zero attached hydrogens (tertiary/aromatic N) is 3. The molecule has 0 unspecified atom stereocenters. The fraction of sp³-hybridized carbons (Fsp3) is 0. The van der Waals surface area contributed by atoms with Crippen molar-refractivity contribution in [2.75, 3.05) is 0 Å². The van der Waals surface area contributed by atoms with Crippen LogP contribution in [0.25, 0.3) is 108 Å². The normalized spacial score (nSPS) is 12.2. The minimum atomic E-state index is 0.673. The molecule has 0 saturated carbocycles. The lowest BCUT2D eigenvalue weighted by Crippen LogP contribution is -2.01. The van der Waals surface area contributed by atoms with Crippen LogP contribution in [0.5, 0.6) is 0 Å². The standard InChI is InChI=1S/C43H23N3S2/c1-2-11-25(12-3-1)41-44-42(31-20-10-18-28-26-15-4-6-21-34(26)47-39(28)31)46-43(45-41)33-23-32-27-17-8-13-24-14-9-19-30(36(24)27)38(32)40-37(33)29-16-5-7-22-35(29)48-40/h1-23H. The van der Waals surface area contributed by atoms with Crippen molar-refractivity contribution in [3.8, 4) is 56.4 Å². The van der Waals surface area contributed by atoms with Gasteiger partial charge in [-0.2, -0.15) is 0 Å². The van der Waals surface area contributed by atoms with Crippen LogP contribution < -0.4 is 0 Å². The molecule has 222 valence electrons. The average molecular weight is 646 g/mol. The molecule has 1 aliphatic carbocycles. The van der Waals surface area contributed by atoms with Crippen molar-refractivity contribution in [2.24, 2.45) is 0 Å². The molecule has 3 aromatic heterocycles. The van der Waals surface area contributed by atoms with Crippen molar-refractivity contribution in [3.63, 3.8) is 0 Å². The highest BCUT2D eigenvalue weighted by Crippen LogP contribution is 2.55. The molecule has 5 heteroatoms. The summed E-state index contributed by atoms with van der Waals surface area (Å²) < 4.78 is 4.99. The Morgan fingerprint density at radius 3 is 1.81 bits per heavy atom. The van der Waals surface area contributed by atoms with Gasteiger partial charge >= 0.3 is 0 Å². The van der Waals surface area contributed by atoms with Gasteiger partial charge in [-0.05, 0) is 51.7 Å². The maximum atomic E-state index is 5.37. The van der Waals surface area contributed by atoms with Crippen molar-refractivity contribution in [3.05, 3.63) is 140 Å². The molecule has 0 bridgehead atoms. The van der Waals surface area contributed by atoms with Gasteiger partial charge in [0.1, 0.15) is 0 Å². The molecule has 0 spiro atoms. The molecule has 0 saturated heterocycles. The Balaban J connectivity index is 1.26. The van der Waals surface area contributed by atoms with Gasteiger partial charge in [-0.3, -0.25) is 0 Å². The lowest BCUT2D eigenvalue weighted by atomic mass is 9.96. The van der Waals surface area contributed by atoms with Gasteiger partial charge < -0.3 is 0 Å². The Morgan fingerprint density at radius 1 is 0.375 bits per heavy atom. The summed E-state index contributed by atoms with van der Waals surface area (Å²) in [4.78, 5) is 15.8. The summed E-state index contributed by atoms with van der Waals surface area (Å²) in [5.41, 5.74) is 8.16. The van der Waals surface area contributed by atoms with E-state index < -0.39 is 0 Å². The zero-order valence-corrected chi connectivity index (χ0v) is 27.1. The van der Waals surface area contributed by atoms with E-state index in [0.717, 1.165) is 16.7 Å². The van der Waals surface area contributed by atoms with E-state index in [9.17, 15) is 0 Å². The predicted molar refractivity (Wildman–Crippen MR) is 204 cm³/mol. The molecule has 0 atom stereocenters. The van der Waals surface area contributed by atoms with Crippen molar-refractivity contribution < 1.29 is 0 Å². The van der Waals surface area contributed by atoms with Crippen molar-refractivity contribution in [1.29, 1.82) is 0 Å². The Bertz CT molecular complexity index is 2950. The van der Waals surface area contributed by atoms with Crippen LogP contribution in [0.15, 0.2) is 140 Å². The van der Waals surface area contributed by atoms with Crippen molar-refractivity contribution in [1.82, 2.24) is 15.0 Å². The number of rotatable bonds is 3. The van der Waals surface area contributed by atoms with E-state index in [0.29, 0.717) is 17.5 Å². The Hall–Kier alpha value is -5.75. The van der Waals surface area contributed by atoms with Gasteiger partial charge in [0.25, 0.3) is 0 Å². The van der Waals surface area contributed by atoms with Gasteiger partial charge in [-0.15, -0.1) is 22.7 Å². The summed E-state index contributed by atoms with van der Waals surface area (Å²) >= 11 is 3.67. The number of hydrogen-bond acceptors (Lipinski definition) is 5. The molecule has 10 aromatic rings. The quantitative estimate of drug-likeness (QED) is 0.192. The van der Waals surface area contributed by atoms with Crippen LogP contribution in [0.4, 0.5) is 0 Å². The second-order valence-electron chi connectivity index (χ2n) is 12.3. The van der Waals surface area contributed by atoms with Gasteiger partial charge in [-0.25, -0.2) is 15.0 Å². The maximum absolute atomic E-state index is 5.37. The number of hydrogen-bond donors (Lipinski definition) is 0. The van der Waals surface area contributed by atoms with Crippen LogP contribution >= 0.6 is 22.7 Å². The van der Waals surface area contributed by atoms with Crippen molar-refractivity contribution in [2.45, 2.75) is 0 Å². The summed E-state index contributed by atoms with van der Waals surface area (Å²) in [6.07, 6.45) is 0. The predicted octanol–water partition coefficient (Wildman–Crippen LogP) is 12.4. The molecule has 1 aliphatic rings. The second kappa shape index (κ2) is 9.88. The molecule has 0 N–H and O–H groups in total. The molecule has 48 heavy (non-hydrogen) atoms. The number of benzene rings is 7. The number of aromatic nitrogens is 3. The first-order valence-corrected chi connectivity index (χ1v) is 17.7. The van der Waals surface area contributed by atoms with Crippen LogP contribution in [0.3, 0.4) is 0 Å². The number of fused-ring (bicyclic) bond motifs is 10. The Kier molecular flexibility index (Phi) is 5.42. The molecule has 3 nitrogen and oxygen atoms in total. The Labute approximate surface area is 283 Å². The molecular formula is C43H23N3S2. The van der Waals surface area contributed by atoms with Gasteiger partial charge in [0.05, 0.1) is 0 Å². The van der Waals surface area contributed by atoms with E-state index in [1.807, 2.05) is 29.5 Å². The summed E-state index contributed by atoms with van der Waals surface area (Å²) in [5, 5.41) is 7.51. The largest absolute Gasteiger partial charge is 0.208 e. The van der Waals surface area contributed by atoms with Gasteiger partial charge in [0.15, 0.2) is 17.5 Å². The topological polar surface area (TPSA) is 38.7 Å². The fourth-order valence-electron chi connectivity index (χ4n) is 7.59. The maximum Gasteiger partial charge on any atom is 0.165 e. The minimum absolute atomic E-state index is 0.673. The fourth-order valence-corrected chi connectivity index (χ4v) is 10.1. The zero-order chi connectivity index (χ0) is 31.3. The van der Waals surface area contributed by atoms with Gasteiger partial charge in [0, 0.05) is 62.6 Å². The summed E-state index contributed by atoms with van der Waals surface area (Å²) in [5.74, 6) is 2.05. The Morgan fingerprint density at radius 2 is 0.979 bits per heavy atom. The monoisotopic (exact) mass is 645 g/mol. The van der Waals surface area contributed by atoms with E-state index >= 15 is 0 Å². The SMILES string of the molecule is c1ccc(-c2nc(-c3cccc4c3sc3ccccc34)nc(-c3cc4c(c5sc6ccccc6c35)-c3cccc5cccc-4c35)n2)cc1. The van der Waals surface area contributed by atoms with E-state index in [2.05, 4.69) is 121 Å². The highest BCUT2D eigenvalue weighted by Gasteiger charge is 2.28. The highest BCUT2D eigenvalue weighted by molar-refractivity contribution is 7.26. The third-order valence-electron chi connectivity index (χ3n) is 9.67. The molecule has 0 radical (unpaired) electrons. The minimum Gasteiger partial charge on any atom is -0.208 e. The molecule has 7 aromatic carbocycles. The first kappa shape index (κ1) is 26.3. The third kappa shape index (κ3) is 3.66. The van der Waals surface area contributed by atoms with E-state index in [-0.39, 0.29) is 0 Å². The van der Waals surface area contributed by atoms with Crippen LogP contribution in [0.1, 0.15) is 0 Å². The van der Waals surface area contributed by atoms with E-state index in [1.165, 1.54) is 73.4 Å². The van der Waals surface area contributed by atoms with Gasteiger partial charge in [-0.1, -0.05) is 115 Å². The lowest BCUT2D eigenvalue weighted by Gasteiger charge is -2.13. The van der Waals surface area contributed by atoms with Gasteiger partial charge in [0.2, 0.25) is 0 Å². The van der Waals surface area contributed by atoms with Crippen molar-refractivity contribution >= 4 is 73.8 Å². The first-order chi connectivity index (χ1) is 23.8. The molecule has 11 rings (SSSR count).